The summed E-state index contributed by atoms with van der Waals surface area (Å²) in [5.74, 6) is 0. The fourth-order valence-corrected chi connectivity index (χ4v) is 1.47. The van der Waals surface area contributed by atoms with E-state index in [0.29, 0.717) is 52.9 Å². The van der Waals surface area contributed by atoms with Gasteiger partial charge in [-0.1, -0.05) is 6.92 Å². The molecule has 1 N–H and O–H groups in total. The molecule has 0 saturated carbocycles. The van der Waals surface area contributed by atoms with Crippen molar-refractivity contribution in [3.63, 3.8) is 0 Å². The maximum atomic E-state index is 9.33. The standard InChI is InChI=1S/C12H24O5/c1-12(9-13)10-16-7-5-14-3-2-4-15-6-8-17-11-12/h13H,2-11H2,1H3. The van der Waals surface area contributed by atoms with Crippen molar-refractivity contribution in [3.05, 3.63) is 0 Å². The molecule has 102 valence electrons. The molecular weight excluding hydrogens is 224 g/mol. The van der Waals surface area contributed by atoms with E-state index in [-0.39, 0.29) is 12.0 Å². The predicted octanol–water partition coefficient (Wildman–Crippen LogP) is 0.455. The van der Waals surface area contributed by atoms with Gasteiger partial charge < -0.3 is 24.1 Å². The van der Waals surface area contributed by atoms with Gasteiger partial charge in [-0.25, -0.2) is 0 Å². The molecule has 0 aromatic rings. The number of aliphatic hydroxyl groups is 1. The van der Waals surface area contributed by atoms with E-state index in [4.69, 9.17) is 18.9 Å². The summed E-state index contributed by atoms with van der Waals surface area (Å²) in [6.45, 7) is 6.62. The second-order valence-corrected chi connectivity index (χ2v) is 4.65. The van der Waals surface area contributed by atoms with E-state index < -0.39 is 0 Å². The summed E-state index contributed by atoms with van der Waals surface area (Å²) in [4.78, 5) is 0. The predicted molar refractivity (Wildman–Crippen MR) is 63.1 cm³/mol. The molecule has 5 heteroatoms. The molecule has 0 aromatic carbocycles. The second kappa shape index (κ2) is 8.83. The molecule has 1 fully saturated rings. The van der Waals surface area contributed by atoms with Crippen LogP contribution in [0, 0.1) is 5.41 Å². The van der Waals surface area contributed by atoms with E-state index in [2.05, 4.69) is 0 Å². The van der Waals surface area contributed by atoms with Crippen LogP contribution in [0.2, 0.25) is 0 Å². The molecule has 0 spiro atoms. The molecule has 0 aliphatic carbocycles. The number of rotatable bonds is 1. The molecule has 0 unspecified atom stereocenters. The largest absolute Gasteiger partial charge is 0.396 e. The molecular formula is C12H24O5. The van der Waals surface area contributed by atoms with E-state index in [9.17, 15) is 5.11 Å². The minimum absolute atomic E-state index is 0.0503. The molecule has 0 radical (unpaired) electrons. The molecule has 5 nitrogen and oxygen atoms in total. The third-order valence-corrected chi connectivity index (χ3v) is 2.60. The highest BCUT2D eigenvalue weighted by Gasteiger charge is 2.24. The maximum Gasteiger partial charge on any atom is 0.0700 e. The topological polar surface area (TPSA) is 57.2 Å². The molecule has 0 bridgehead atoms. The van der Waals surface area contributed by atoms with Crippen LogP contribution in [0.25, 0.3) is 0 Å². The van der Waals surface area contributed by atoms with Crippen LogP contribution >= 0.6 is 0 Å². The van der Waals surface area contributed by atoms with Gasteiger partial charge in [-0.05, 0) is 6.42 Å². The zero-order valence-electron chi connectivity index (χ0n) is 10.7. The highest BCUT2D eigenvalue weighted by Crippen LogP contribution is 2.16. The summed E-state index contributed by atoms with van der Waals surface area (Å²) in [6.07, 6.45) is 0.897. The minimum Gasteiger partial charge on any atom is -0.396 e. The molecule has 1 heterocycles. The first kappa shape index (κ1) is 14.9. The molecule has 1 aliphatic heterocycles. The zero-order chi connectivity index (χ0) is 12.4. The van der Waals surface area contributed by atoms with Crippen molar-refractivity contribution < 1.29 is 24.1 Å². The van der Waals surface area contributed by atoms with Crippen molar-refractivity contribution in [1.82, 2.24) is 0 Å². The van der Waals surface area contributed by atoms with Gasteiger partial charge in [0, 0.05) is 18.6 Å². The van der Waals surface area contributed by atoms with Crippen LogP contribution in [-0.4, -0.2) is 64.6 Å². The number of ether oxygens (including phenoxy) is 4. The summed E-state index contributed by atoms with van der Waals surface area (Å²) in [6, 6.07) is 0. The lowest BCUT2D eigenvalue weighted by molar-refractivity contribution is -0.0655. The van der Waals surface area contributed by atoms with Gasteiger partial charge in [0.1, 0.15) is 0 Å². The van der Waals surface area contributed by atoms with Crippen LogP contribution in [-0.2, 0) is 18.9 Å². The van der Waals surface area contributed by atoms with Gasteiger partial charge in [-0.3, -0.25) is 0 Å². The molecule has 0 amide bonds. The third kappa shape index (κ3) is 6.95. The maximum absolute atomic E-state index is 9.33. The first-order valence-corrected chi connectivity index (χ1v) is 6.19. The second-order valence-electron chi connectivity index (χ2n) is 4.65. The van der Waals surface area contributed by atoms with E-state index in [1.54, 1.807) is 0 Å². The summed E-state index contributed by atoms with van der Waals surface area (Å²) in [5, 5.41) is 9.33. The molecule has 1 rings (SSSR count). The number of hydrogen-bond acceptors (Lipinski definition) is 5. The van der Waals surface area contributed by atoms with E-state index in [1.165, 1.54) is 0 Å². The van der Waals surface area contributed by atoms with Gasteiger partial charge in [-0.15, -0.1) is 0 Å². The van der Waals surface area contributed by atoms with Gasteiger partial charge in [0.05, 0.1) is 46.2 Å². The average molecular weight is 248 g/mol. The Kier molecular flexibility index (Phi) is 7.72. The number of aliphatic hydroxyl groups excluding tert-OH is 1. The van der Waals surface area contributed by atoms with Gasteiger partial charge in [0.15, 0.2) is 0 Å². The SMILES string of the molecule is CC1(CO)COCCOCCCOCCOC1. The quantitative estimate of drug-likeness (QED) is 0.730. The van der Waals surface area contributed by atoms with Crippen molar-refractivity contribution in [2.45, 2.75) is 13.3 Å². The van der Waals surface area contributed by atoms with Gasteiger partial charge in [-0.2, -0.15) is 0 Å². The van der Waals surface area contributed by atoms with Crippen molar-refractivity contribution in [3.8, 4) is 0 Å². The Labute approximate surface area is 103 Å². The zero-order valence-corrected chi connectivity index (χ0v) is 10.7. The third-order valence-electron chi connectivity index (χ3n) is 2.60. The van der Waals surface area contributed by atoms with Crippen molar-refractivity contribution >= 4 is 0 Å². The fraction of sp³-hybridized carbons (Fsp3) is 1.00. The summed E-state index contributed by atoms with van der Waals surface area (Å²) in [5.41, 5.74) is -0.343. The lowest BCUT2D eigenvalue weighted by Crippen LogP contribution is -2.34. The molecule has 0 atom stereocenters. The van der Waals surface area contributed by atoms with E-state index >= 15 is 0 Å². The Bertz CT molecular complexity index is 172. The first-order chi connectivity index (χ1) is 8.27. The Morgan fingerprint density at radius 3 is 1.76 bits per heavy atom. The summed E-state index contributed by atoms with van der Waals surface area (Å²) >= 11 is 0. The number of hydrogen-bond donors (Lipinski definition) is 1. The minimum atomic E-state index is -0.343. The Morgan fingerprint density at radius 2 is 1.29 bits per heavy atom. The normalized spacial score (nSPS) is 25.1. The molecule has 1 saturated heterocycles. The van der Waals surface area contributed by atoms with Crippen molar-refractivity contribution in [2.75, 3.05) is 59.5 Å². The Balaban J connectivity index is 2.29. The van der Waals surface area contributed by atoms with E-state index in [0.717, 1.165) is 6.42 Å². The van der Waals surface area contributed by atoms with Crippen LogP contribution in [0.15, 0.2) is 0 Å². The van der Waals surface area contributed by atoms with Crippen LogP contribution in [0.3, 0.4) is 0 Å². The fourth-order valence-electron chi connectivity index (χ4n) is 1.47. The monoisotopic (exact) mass is 248 g/mol. The Hall–Kier alpha value is -0.200. The van der Waals surface area contributed by atoms with Crippen LogP contribution in [0.4, 0.5) is 0 Å². The highest BCUT2D eigenvalue weighted by atomic mass is 16.5. The average Bonchev–Trinajstić information content (AvgIpc) is 2.34. The van der Waals surface area contributed by atoms with E-state index in [1.807, 2.05) is 6.92 Å². The van der Waals surface area contributed by atoms with Crippen molar-refractivity contribution in [1.29, 1.82) is 0 Å². The molecule has 0 aromatic heterocycles. The smallest absolute Gasteiger partial charge is 0.0700 e. The Morgan fingerprint density at radius 1 is 0.824 bits per heavy atom. The lowest BCUT2D eigenvalue weighted by atomic mass is 9.94. The lowest BCUT2D eigenvalue weighted by Gasteiger charge is -2.27. The highest BCUT2D eigenvalue weighted by molar-refractivity contribution is 4.72. The van der Waals surface area contributed by atoms with Crippen molar-refractivity contribution in [2.24, 2.45) is 5.41 Å². The molecule has 1 aliphatic rings. The van der Waals surface area contributed by atoms with Gasteiger partial charge in [0.25, 0.3) is 0 Å². The van der Waals surface area contributed by atoms with Crippen LogP contribution < -0.4 is 0 Å². The molecule has 17 heavy (non-hydrogen) atoms. The van der Waals surface area contributed by atoms with Gasteiger partial charge in [0.2, 0.25) is 0 Å². The summed E-state index contributed by atoms with van der Waals surface area (Å²) < 4.78 is 21.7. The van der Waals surface area contributed by atoms with Gasteiger partial charge >= 0.3 is 0 Å². The van der Waals surface area contributed by atoms with Crippen LogP contribution in [0.5, 0.6) is 0 Å². The first-order valence-electron chi connectivity index (χ1n) is 6.19. The van der Waals surface area contributed by atoms with Crippen LogP contribution in [0.1, 0.15) is 13.3 Å². The summed E-state index contributed by atoms with van der Waals surface area (Å²) in [7, 11) is 0.